The van der Waals surface area contributed by atoms with Gasteiger partial charge in [0.05, 0.1) is 0 Å². The molecule has 12 aromatic rings. The van der Waals surface area contributed by atoms with E-state index in [1.807, 2.05) is 0 Å². The molecule has 0 unspecified atom stereocenters. The Balaban J connectivity index is 1.11. The molecular formula is C48H26. The van der Waals surface area contributed by atoms with Crippen molar-refractivity contribution in [2.45, 2.75) is 0 Å². The molecule has 0 N–H and O–H groups in total. The number of hydrogen-bond donors (Lipinski definition) is 0. The first kappa shape index (κ1) is 24.9. The van der Waals surface area contributed by atoms with Crippen molar-refractivity contribution in [3.63, 3.8) is 0 Å². The van der Waals surface area contributed by atoms with Crippen molar-refractivity contribution in [1.82, 2.24) is 0 Å². The normalized spacial score (nSPS) is 12.6. The Morgan fingerprint density at radius 3 is 0.833 bits per heavy atom. The molecule has 0 saturated carbocycles. The number of benzene rings is 12. The topological polar surface area (TPSA) is 0 Å². The van der Waals surface area contributed by atoms with Gasteiger partial charge in [0, 0.05) is 0 Å². The zero-order chi connectivity index (χ0) is 31.1. The van der Waals surface area contributed by atoms with E-state index in [1.54, 1.807) is 0 Å². The molecular weight excluding hydrogens is 577 g/mol. The Morgan fingerprint density at radius 1 is 0.208 bits per heavy atom. The van der Waals surface area contributed by atoms with Crippen molar-refractivity contribution >= 4 is 97.0 Å². The summed E-state index contributed by atoms with van der Waals surface area (Å²) in [5, 5.41) is 23.8. The molecule has 0 atom stereocenters. The summed E-state index contributed by atoms with van der Waals surface area (Å²) in [4.78, 5) is 0. The van der Waals surface area contributed by atoms with E-state index in [0.29, 0.717) is 0 Å². The van der Waals surface area contributed by atoms with Crippen LogP contribution in [0.15, 0.2) is 158 Å². The van der Waals surface area contributed by atoms with E-state index in [2.05, 4.69) is 158 Å². The Hall–Kier alpha value is -6.24. The molecule has 12 rings (SSSR count). The second-order valence-corrected chi connectivity index (χ2v) is 13.7. The van der Waals surface area contributed by atoms with Gasteiger partial charge < -0.3 is 0 Å². The zero-order valence-corrected chi connectivity index (χ0v) is 26.0. The average Bonchev–Trinajstić information content (AvgIpc) is 3.14. The SMILES string of the molecule is c1cc2ccc3cc(-c4ccc5ccc6ccc(-c7cc8ccc9cccc%10ccc(c7)c8c9%10)c7ccc4c5c67)cc4ccc(c1)c2c34. The van der Waals surface area contributed by atoms with Gasteiger partial charge in [-0.15, -0.1) is 0 Å². The standard InChI is InChI=1S/C48H26/c1-3-27-9-13-33-23-37(24-34-14-10-28(4-1)43(27)45(33)34)39-19-17-31-7-8-32-18-20-40(42-22-21-41(39)47(31)48(32)42)38-25-35-15-11-29-5-2-6-30-12-16-36(26-38)46(35)44(29)30/h1-26H. The molecule has 12 aromatic carbocycles. The van der Waals surface area contributed by atoms with Gasteiger partial charge >= 0.3 is 0 Å². The van der Waals surface area contributed by atoms with Crippen LogP contribution in [-0.4, -0.2) is 0 Å². The maximum atomic E-state index is 2.40. The maximum Gasteiger partial charge on any atom is -0.00203 e. The van der Waals surface area contributed by atoms with Crippen molar-refractivity contribution in [1.29, 1.82) is 0 Å². The third-order valence-corrected chi connectivity index (χ3v) is 11.2. The van der Waals surface area contributed by atoms with Crippen LogP contribution in [0.4, 0.5) is 0 Å². The van der Waals surface area contributed by atoms with E-state index in [-0.39, 0.29) is 0 Å². The highest BCUT2D eigenvalue weighted by Crippen LogP contribution is 2.45. The first-order valence-electron chi connectivity index (χ1n) is 16.8. The van der Waals surface area contributed by atoms with Gasteiger partial charge in [0.25, 0.3) is 0 Å². The maximum absolute atomic E-state index is 2.40. The van der Waals surface area contributed by atoms with E-state index in [9.17, 15) is 0 Å². The lowest BCUT2D eigenvalue weighted by atomic mass is 9.85. The predicted molar refractivity (Wildman–Crippen MR) is 208 cm³/mol. The van der Waals surface area contributed by atoms with Gasteiger partial charge in [-0.2, -0.15) is 0 Å². The van der Waals surface area contributed by atoms with Crippen molar-refractivity contribution in [3.05, 3.63) is 158 Å². The second-order valence-electron chi connectivity index (χ2n) is 13.7. The predicted octanol–water partition coefficient (Wildman–Crippen LogP) is 13.7. The third kappa shape index (κ3) is 3.15. The second kappa shape index (κ2) is 8.76. The lowest BCUT2D eigenvalue weighted by molar-refractivity contribution is 1.70. The third-order valence-electron chi connectivity index (χ3n) is 11.2. The number of hydrogen-bond acceptors (Lipinski definition) is 0. The van der Waals surface area contributed by atoms with E-state index in [4.69, 9.17) is 0 Å². The van der Waals surface area contributed by atoms with Crippen LogP contribution in [0.3, 0.4) is 0 Å². The van der Waals surface area contributed by atoms with Gasteiger partial charge in [0.15, 0.2) is 0 Å². The molecule has 0 heterocycles. The molecule has 0 nitrogen and oxygen atoms in total. The molecule has 48 heavy (non-hydrogen) atoms. The summed E-state index contributed by atoms with van der Waals surface area (Å²) < 4.78 is 0. The molecule has 0 aliphatic carbocycles. The van der Waals surface area contributed by atoms with Crippen molar-refractivity contribution in [3.8, 4) is 22.3 Å². The van der Waals surface area contributed by atoms with Gasteiger partial charge in [-0.3, -0.25) is 0 Å². The molecule has 0 heteroatoms. The van der Waals surface area contributed by atoms with Gasteiger partial charge in [0.1, 0.15) is 0 Å². The molecule has 0 fully saturated rings. The van der Waals surface area contributed by atoms with E-state index in [1.165, 1.54) is 119 Å². The molecule has 218 valence electrons. The molecule has 0 amide bonds. The minimum absolute atomic E-state index is 1.27. The van der Waals surface area contributed by atoms with Crippen LogP contribution >= 0.6 is 0 Å². The zero-order valence-electron chi connectivity index (χ0n) is 26.0. The van der Waals surface area contributed by atoms with Crippen LogP contribution < -0.4 is 0 Å². The summed E-state index contributed by atoms with van der Waals surface area (Å²) in [6.07, 6.45) is 0. The van der Waals surface area contributed by atoms with Crippen LogP contribution in [0.2, 0.25) is 0 Å². The minimum Gasteiger partial charge on any atom is -0.0610 e. The lowest BCUT2D eigenvalue weighted by Gasteiger charge is -2.18. The van der Waals surface area contributed by atoms with Crippen molar-refractivity contribution in [2.24, 2.45) is 0 Å². The first-order chi connectivity index (χ1) is 23.8. The highest BCUT2D eigenvalue weighted by molar-refractivity contribution is 6.30. The largest absolute Gasteiger partial charge is 0.0610 e. The highest BCUT2D eigenvalue weighted by atomic mass is 14.2. The molecule has 0 aliphatic heterocycles. The Bertz CT molecular complexity index is 2920. The van der Waals surface area contributed by atoms with Crippen molar-refractivity contribution < 1.29 is 0 Å². The van der Waals surface area contributed by atoms with Gasteiger partial charge in [-0.25, -0.2) is 0 Å². The molecule has 0 radical (unpaired) electrons. The van der Waals surface area contributed by atoms with Crippen LogP contribution in [0.1, 0.15) is 0 Å². The summed E-state index contributed by atoms with van der Waals surface area (Å²) in [6, 6.07) is 59.7. The average molecular weight is 603 g/mol. The van der Waals surface area contributed by atoms with Crippen molar-refractivity contribution in [2.75, 3.05) is 0 Å². The Labute approximate surface area is 276 Å². The van der Waals surface area contributed by atoms with Crippen LogP contribution in [0, 0.1) is 0 Å². The first-order valence-corrected chi connectivity index (χ1v) is 16.8. The molecule has 0 bridgehead atoms. The Kier molecular flexibility index (Phi) is 4.55. The highest BCUT2D eigenvalue weighted by Gasteiger charge is 2.18. The minimum atomic E-state index is 1.27. The monoisotopic (exact) mass is 602 g/mol. The van der Waals surface area contributed by atoms with E-state index in [0.717, 1.165) is 0 Å². The smallest absolute Gasteiger partial charge is 0.00203 e. The fourth-order valence-electron chi connectivity index (χ4n) is 9.12. The van der Waals surface area contributed by atoms with Gasteiger partial charge in [-0.05, 0) is 143 Å². The summed E-state index contributed by atoms with van der Waals surface area (Å²) in [7, 11) is 0. The fraction of sp³-hybridized carbons (Fsp3) is 0. The summed E-state index contributed by atoms with van der Waals surface area (Å²) in [6.45, 7) is 0. The van der Waals surface area contributed by atoms with Gasteiger partial charge in [-0.1, -0.05) is 133 Å². The summed E-state index contributed by atoms with van der Waals surface area (Å²) >= 11 is 0. The van der Waals surface area contributed by atoms with Crippen LogP contribution in [0.5, 0.6) is 0 Å². The van der Waals surface area contributed by atoms with Gasteiger partial charge in [0.2, 0.25) is 0 Å². The Morgan fingerprint density at radius 2 is 0.479 bits per heavy atom. The quantitative estimate of drug-likeness (QED) is 0.173. The van der Waals surface area contributed by atoms with Crippen LogP contribution in [0.25, 0.3) is 119 Å². The molecule has 0 aliphatic rings. The van der Waals surface area contributed by atoms with Crippen LogP contribution in [-0.2, 0) is 0 Å². The summed E-state index contributed by atoms with van der Waals surface area (Å²) in [5.74, 6) is 0. The number of rotatable bonds is 2. The summed E-state index contributed by atoms with van der Waals surface area (Å²) in [5.41, 5.74) is 5.11. The molecule has 0 spiro atoms. The molecule has 0 saturated heterocycles. The lowest BCUT2D eigenvalue weighted by Crippen LogP contribution is -1.91. The fourth-order valence-corrected chi connectivity index (χ4v) is 9.12. The molecule has 0 aromatic heterocycles. The van der Waals surface area contributed by atoms with E-state index < -0.39 is 0 Å². The van der Waals surface area contributed by atoms with E-state index >= 15 is 0 Å².